The first kappa shape index (κ1) is 16.6. The number of fused-ring (bicyclic) bond motifs is 1. The molecule has 1 aromatic carbocycles. The van der Waals surface area contributed by atoms with Gasteiger partial charge in [0.05, 0.1) is 12.8 Å². The fourth-order valence-electron chi connectivity index (χ4n) is 2.87. The molecular weight excluding hydrogens is 335 g/mol. The van der Waals surface area contributed by atoms with Gasteiger partial charge < -0.3 is 15.0 Å². The quantitative estimate of drug-likeness (QED) is 0.893. The first-order chi connectivity index (χ1) is 11.8. The third kappa shape index (κ3) is 2.36. The van der Waals surface area contributed by atoms with Crippen LogP contribution in [0.3, 0.4) is 0 Å². The summed E-state index contributed by atoms with van der Waals surface area (Å²) in [4.78, 5) is 13.1. The smallest absolute Gasteiger partial charge is 0.435 e. The van der Waals surface area contributed by atoms with Gasteiger partial charge in [-0.3, -0.25) is 4.79 Å². The number of carbonyl (C=O) groups excluding carboxylic acids is 1. The molecule has 0 aromatic heterocycles. The lowest BCUT2D eigenvalue weighted by Crippen LogP contribution is -2.67. The van der Waals surface area contributed by atoms with E-state index in [1.54, 1.807) is 6.07 Å². The maximum absolute atomic E-state index is 14.2. The first-order valence-electron chi connectivity index (χ1n) is 7.17. The van der Waals surface area contributed by atoms with Crippen LogP contribution in [-0.2, 0) is 10.5 Å². The fourth-order valence-corrected chi connectivity index (χ4v) is 2.87. The molecule has 1 N–H and O–H groups in total. The second-order valence-electron chi connectivity index (χ2n) is 5.33. The maximum atomic E-state index is 14.2. The summed E-state index contributed by atoms with van der Waals surface area (Å²) in [6, 6.07) is 6.88. The van der Waals surface area contributed by atoms with Crippen molar-refractivity contribution in [2.24, 2.45) is 0 Å². The van der Waals surface area contributed by atoms with E-state index in [9.17, 15) is 18.0 Å². The third-order valence-electron chi connectivity index (χ3n) is 4.03. The zero-order valence-corrected chi connectivity index (χ0v) is 13.0. The largest absolute Gasteiger partial charge is 0.497 e. The lowest BCUT2D eigenvalue weighted by Gasteiger charge is -2.48. The number of allylic oxidation sites excluding steroid dienone is 3. The Balaban J connectivity index is 2.28. The molecule has 0 spiro atoms. The molecule has 0 fully saturated rings. The Hall–Kier alpha value is -3.21. The van der Waals surface area contributed by atoms with E-state index < -0.39 is 17.7 Å². The number of nitrogens with one attached hydrogen (secondary N) is 1. The van der Waals surface area contributed by atoms with Gasteiger partial charge in [-0.2, -0.15) is 18.4 Å². The van der Waals surface area contributed by atoms with Gasteiger partial charge in [-0.25, -0.2) is 0 Å². The molecule has 1 atom stereocenters. The van der Waals surface area contributed by atoms with E-state index in [0.717, 1.165) is 4.90 Å². The van der Waals surface area contributed by atoms with Crippen molar-refractivity contribution in [1.29, 1.82) is 5.26 Å². The van der Waals surface area contributed by atoms with E-state index in [4.69, 9.17) is 10.00 Å². The van der Waals surface area contributed by atoms with Gasteiger partial charge in [0.25, 0.3) is 5.91 Å². The lowest BCUT2D eigenvalue weighted by molar-refractivity contribution is -0.237. The molecule has 8 heteroatoms. The van der Waals surface area contributed by atoms with Gasteiger partial charge in [0.2, 0.25) is 5.66 Å². The number of rotatable bonds is 2. The lowest BCUT2D eigenvalue weighted by atomic mass is 9.90. The van der Waals surface area contributed by atoms with Crippen LogP contribution in [0.1, 0.15) is 5.56 Å². The highest BCUT2D eigenvalue weighted by Gasteiger charge is 2.63. The molecule has 2 aliphatic heterocycles. The number of hydrogen-bond donors (Lipinski definition) is 1. The Morgan fingerprint density at radius 2 is 1.92 bits per heavy atom. The first-order valence-corrected chi connectivity index (χ1v) is 7.17. The van der Waals surface area contributed by atoms with Crippen molar-refractivity contribution in [3.05, 3.63) is 65.5 Å². The summed E-state index contributed by atoms with van der Waals surface area (Å²) in [6.07, 6.45) is 0.501. The van der Waals surface area contributed by atoms with Crippen molar-refractivity contribution in [2.45, 2.75) is 11.8 Å². The number of alkyl halides is 3. The molecule has 0 bridgehead atoms. The van der Waals surface area contributed by atoms with Gasteiger partial charge in [0, 0.05) is 11.8 Å². The summed E-state index contributed by atoms with van der Waals surface area (Å²) in [5, 5.41) is 11.1. The van der Waals surface area contributed by atoms with E-state index in [0.29, 0.717) is 5.75 Å². The number of ether oxygens (including phenoxy) is 1. The molecule has 0 saturated carbocycles. The van der Waals surface area contributed by atoms with Crippen LogP contribution >= 0.6 is 0 Å². The van der Waals surface area contributed by atoms with Crippen LogP contribution in [0.4, 0.5) is 13.2 Å². The summed E-state index contributed by atoms with van der Waals surface area (Å²) in [5.41, 5.74) is -3.52. The number of carbonyl (C=O) groups is 1. The predicted octanol–water partition coefficient (Wildman–Crippen LogP) is 2.70. The number of hydrogen-bond acceptors (Lipinski definition) is 4. The Morgan fingerprint density at radius 1 is 1.24 bits per heavy atom. The number of benzene rings is 1. The second-order valence-corrected chi connectivity index (χ2v) is 5.33. The van der Waals surface area contributed by atoms with Crippen LogP contribution in [-0.4, -0.2) is 24.1 Å². The Labute approximate surface area is 141 Å². The Kier molecular flexibility index (Phi) is 3.80. The van der Waals surface area contributed by atoms with E-state index in [1.165, 1.54) is 55.8 Å². The minimum absolute atomic E-state index is 0.109. The molecule has 0 unspecified atom stereocenters. The van der Waals surface area contributed by atoms with Crippen molar-refractivity contribution in [3.8, 4) is 11.8 Å². The summed E-state index contributed by atoms with van der Waals surface area (Å²) in [7, 11) is 1.40. The zero-order chi connectivity index (χ0) is 18.2. The van der Waals surface area contributed by atoms with E-state index in [1.807, 2.05) is 5.32 Å². The molecule has 0 saturated heterocycles. The number of halogens is 3. The van der Waals surface area contributed by atoms with Crippen LogP contribution in [0.2, 0.25) is 0 Å². The SMILES string of the molecule is COc1ccc([C@]2(C(F)(F)F)NC(=O)C(C#N)=C3C=CC=CN32)cc1. The highest BCUT2D eigenvalue weighted by atomic mass is 19.4. The van der Waals surface area contributed by atoms with Crippen LogP contribution in [0.5, 0.6) is 5.75 Å². The Morgan fingerprint density at radius 3 is 2.48 bits per heavy atom. The molecule has 0 aliphatic carbocycles. The van der Waals surface area contributed by atoms with Gasteiger partial charge >= 0.3 is 6.18 Å². The summed E-state index contributed by atoms with van der Waals surface area (Å²) < 4.78 is 47.5. The van der Waals surface area contributed by atoms with Crippen LogP contribution in [0, 0.1) is 11.3 Å². The summed E-state index contributed by atoms with van der Waals surface area (Å²) >= 11 is 0. The van der Waals surface area contributed by atoms with Crippen LogP contribution in [0.25, 0.3) is 0 Å². The van der Waals surface area contributed by atoms with Crippen molar-refractivity contribution in [1.82, 2.24) is 10.2 Å². The van der Waals surface area contributed by atoms with Crippen molar-refractivity contribution in [3.63, 3.8) is 0 Å². The average molecular weight is 347 g/mol. The van der Waals surface area contributed by atoms with E-state index in [2.05, 4.69) is 0 Å². The van der Waals surface area contributed by atoms with E-state index >= 15 is 0 Å². The number of amides is 1. The fraction of sp³-hybridized carbons (Fsp3) is 0.176. The molecule has 128 valence electrons. The molecule has 3 rings (SSSR count). The standard InChI is InChI=1S/C17H12F3N3O2/c1-25-12-7-5-11(6-8-12)16(17(18,19)20)22-15(24)13(10-21)14-4-2-3-9-23(14)16/h2-9H,1H3,(H,22,24)/t16-/m0/s1. The summed E-state index contributed by atoms with van der Waals surface area (Å²) in [5.74, 6) is -0.701. The van der Waals surface area contributed by atoms with Gasteiger partial charge in [-0.1, -0.05) is 18.2 Å². The highest BCUT2D eigenvalue weighted by Crippen LogP contribution is 2.47. The van der Waals surface area contributed by atoms with Gasteiger partial charge in [-0.05, 0) is 24.3 Å². The van der Waals surface area contributed by atoms with Crippen molar-refractivity contribution >= 4 is 5.91 Å². The third-order valence-corrected chi connectivity index (χ3v) is 4.03. The monoisotopic (exact) mass is 347 g/mol. The minimum Gasteiger partial charge on any atom is -0.497 e. The molecular formula is C17H12F3N3O2. The van der Waals surface area contributed by atoms with Crippen LogP contribution in [0.15, 0.2) is 60.0 Å². The number of nitrogens with zero attached hydrogens (tertiary/aromatic N) is 2. The molecule has 1 amide bonds. The van der Waals surface area contributed by atoms with Gasteiger partial charge in [0.1, 0.15) is 17.4 Å². The topological polar surface area (TPSA) is 65.4 Å². The molecule has 25 heavy (non-hydrogen) atoms. The van der Waals surface area contributed by atoms with Gasteiger partial charge in [-0.15, -0.1) is 0 Å². The summed E-state index contributed by atoms with van der Waals surface area (Å²) in [6.45, 7) is 0. The molecule has 0 radical (unpaired) electrons. The number of nitriles is 1. The molecule has 5 nitrogen and oxygen atoms in total. The zero-order valence-electron chi connectivity index (χ0n) is 13.0. The molecule has 2 heterocycles. The highest BCUT2D eigenvalue weighted by molar-refractivity contribution is 6.00. The Bertz CT molecular complexity index is 847. The second kappa shape index (κ2) is 5.70. The van der Waals surface area contributed by atoms with E-state index in [-0.39, 0.29) is 16.8 Å². The minimum atomic E-state index is -4.86. The molecule has 2 aliphatic rings. The van der Waals surface area contributed by atoms with Gasteiger partial charge in [0.15, 0.2) is 0 Å². The number of methoxy groups -OCH3 is 1. The normalized spacial score (nSPS) is 22.4. The maximum Gasteiger partial charge on any atom is 0.435 e. The van der Waals surface area contributed by atoms with Crippen LogP contribution < -0.4 is 10.1 Å². The molecule has 1 aromatic rings. The van der Waals surface area contributed by atoms with Crippen molar-refractivity contribution in [2.75, 3.05) is 7.11 Å². The predicted molar refractivity (Wildman–Crippen MR) is 81.6 cm³/mol. The van der Waals surface area contributed by atoms with Crippen molar-refractivity contribution < 1.29 is 22.7 Å². The average Bonchev–Trinajstić information content (AvgIpc) is 2.60.